The maximum atomic E-state index is 12.8. The highest BCUT2D eigenvalue weighted by Crippen LogP contribution is 2.29. The summed E-state index contributed by atoms with van der Waals surface area (Å²) in [6.07, 6.45) is 0.798. The van der Waals surface area contributed by atoms with Crippen LogP contribution >= 0.6 is 0 Å². The molecule has 1 N–H and O–H groups in total. The number of halogens is 2. The summed E-state index contributed by atoms with van der Waals surface area (Å²) in [6, 6.07) is 5.92. The molecule has 0 spiro atoms. The minimum absolute atomic E-state index is 0.306. The monoisotopic (exact) mass is 306 g/mol. The number of hydrogen-bond acceptors (Lipinski definition) is 4. The van der Waals surface area contributed by atoms with Crippen LogP contribution in [-0.4, -0.2) is 40.9 Å². The first kappa shape index (κ1) is 16.8. The Hall–Kier alpha value is -1.21. The SMILES string of the molecule is CCCN(CCNC)c1ccccc1S(=O)(=O)C(F)F. The molecule has 1 rings (SSSR count). The Bertz CT molecular complexity index is 521. The number of nitrogens with one attached hydrogen (secondary N) is 1. The first-order valence-electron chi connectivity index (χ1n) is 6.45. The van der Waals surface area contributed by atoms with E-state index in [1.807, 2.05) is 11.8 Å². The fourth-order valence-electron chi connectivity index (χ4n) is 1.92. The molecule has 0 aliphatic rings. The van der Waals surface area contributed by atoms with Crippen LogP contribution in [0.5, 0.6) is 0 Å². The van der Waals surface area contributed by atoms with Gasteiger partial charge in [-0.05, 0) is 25.6 Å². The van der Waals surface area contributed by atoms with E-state index in [-0.39, 0.29) is 4.90 Å². The predicted octanol–water partition coefficient (Wildman–Crippen LogP) is 2.12. The molecular weight excluding hydrogens is 286 g/mol. The van der Waals surface area contributed by atoms with Crippen LogP contribution in [0.3, 0.4) is 0 Å². The highest BCUT2D eigenvalue weighted by atomic mass is 32.2. The highest BCUT2D eigenvalue weighted by molar-refractivity contribution is 7.91. The molecule has 0 amide bonds. The number of rotatable bonds is 8. The molecule has 0 heterocycles. The largest absolute Gasteiger partial charge is 0.369 e. The first-order chi connectivity index (χ1) is 9.45. The Labute approximate surface area is 118 Å². The average molecular weight is 306 g/mol. The molecular formula is C13H20F2N2O2S. The second-order valence-corrected chi connectivity index (χ2v) is 6.25. The molecule has 0 atom stereocenters. The van der Waals surface area contributed by atoms with Crippen molar-refractivity contribution in [3.05, 3.63) is 24.3 Å². The zero-order valence-electron chi connectivity index (χ0n) is 11.6. The third kappa shape index (κ3) is 3.89. The third-order valence-electron chi connectivity index (χ3n) is 2.87. The Balaban J connectivity index is 3.22. The van der Waals surface area contributed by atoms with Crippen molar-refractivity contribution >= 4 is 15.5 Å². The van der Waals surface area contributed by atoms with E-state index in [4.69, 9.17) is 0 Å². The van der Waals surface area contributed by atoms with Crippen molar-refractivity contribution in [3.63, 3.8) is 0 Å². The van der Waals surface area contributed by atoms with Gasteiger partial charge in [0.25, 0.3) is 0 Å². The fourth-order valence-corrected chi connectivity index (χ4v) is 2.87. The maximum Gasteiger partial charge on any atom is 0.341 e. The summed E-state index contributed by atoms with van der Waals surface area (Å²) in [4.78, 5) is 1.51. The molecule has 114 valence electrons. The maximum absolute atomic E-state index is 12.8. The lowest BCUT2D eigenvalue weighted by molar-refractivity contribution is 0.235. The van der Waals surface area contributed by atoms with Gasteiger partial charge in [-0.3, -0.25) is 0 Å². The standard InChI is InChI=1S/C13H20F2N2O2S/c1-3-9-17(10-8-16-2)11-6-4-5-7-12(11)20(18,19)13(14)15/h4-7,13,16H,3,8-10H2,1-2H3. The van der Waals surface area contributed by atoms with E-state index in [9.17, 15) is 17.2 Å². The van der Waals surface area contributed by atoms with Crippen LogP contribution in [0.25, 0.3) is 0 Å². The number of anilines is 1. The van der Waals surface area contributed by atoms with Gasteiger partial charge in [0.15, 0.2) is 0 Å². The van der Waals surface area contributed by atoms with Gasteiger partial charge in [-0.1, -0.05) is 19.1 Å². The smallest absolute Gasteiger partial charge is 0.341 e. The molecule has 0 saturated carbocycles. The molecule has 0 aromatic heterocycles. The Morgan fingerprint density at radius 3 is 2.45 bits per heavy atom. The van der Waals surface area contributed by atoms with E-state index in [0.717, 1.165) is 6.42 Å². The summed E-state index contributed by atoms with van der Waals surface area (Å²) >= 11 is 0. The van der Waals surface area contributed by atoms with Gasteiger partial charge >= 0.3 is 5.76 Å². The van der Waals surface area contributed by atoms with Gasteiger partial charge < -0.3 is 10.2 Å². The van der Waals surface area contributed by atoms with E-state index in [0.29, 0.717) is 25.3 Å². The number of para-hydroxylation sites is 1. The predicted molar refractivity (Wildman–Crippen MR) is 76.1 cm³/mol. The van der Waals surface area contributed by atoms with Crippen molar-refractivity contribution in [2.45, 2.75) is 24.0 Å². The lowest BCUT2D eigenvalue weighted by atomic mass is 10.2. The average Bonchev–Trinajstić information content (AvgIpc) is 2.43. The van der Waals surface area contributed by atoms with Gasteiger partial charge in [0.1, 0.15) is 0 Å². The van der Waals surface area contributed by atoms with Crippen molar-refractivity contribution in [2.75, 3.05) is 31.6 Å². The number of alkyl halides is 2. The quantitative estimate of drug-likeness (QED) is 0.799. The molecule has 0 fully saturated rings. The number of nitrogens with zero attached hydrogens (tertiary/aromatic N) is 1. The van der Waals surface area contributed by atoms with Crippen LogP contribution in [0.1, 0.15) is 13.3 Å². The van der Waals surface area contributed by atoms with E-state index in [1.54, 1.807) is 19.2 Å². The van der Waals surface area contributed by atoms with E-state index < -0.39 is 15.6 Å². The number of hydrogen-bond donors (Lipinski definition) is 1. The first-order valence-corrected chi connectivity index (χ1v) is 8.00. The minimum atomic E-state index is -4.59. The number of sulfone groups is 1. The number of benzene rings is 1. The van der Waals surface area contributed by atoms with E-state index in [2.05, 4.69) is 5.32 Å². The summed E-state index contributed by atoms with van der Waals surface area (Å²) in [6.45, 7) is 3.76. The summed E-state index contributed by atoms with van der Waals surface area (Å²) in [7, 11) is -2.81. The molecule has 4 nitrogen and oxygen atoms in total. The molecule has 0 bridgehead atoms. The lowest BCUT2D eigenvalue weighted by Crippen LogP contribution is -2.32. The van der Waals surface area contributed by atoms with Crippen LogP contribution in [-0.2, 0) is 9.84 Å². The summed E-state index contributed by atoms with van der Waals surface area (Å²) in [5.41, 5.74) is 0.338. The molecule has 0 saturated heterocycles. The van der Waals surface area contributed by atoms with Crippen molar-refractivity contribution in [2.24, 2.45) is 0 Å². The minimum Gasteiger partial charge on any atom is -0.369 e. The normalized spacial score (nSPS) is 11.8. The van der Waals surface area contributed by atoms with Crippen LogP contribution in [0, 0.1) is 0 Å². The zero-order chi connectivity index (χ0) is 15.2. The summed E-state index contributed by atoms with van der Waals surface area (Å²) < 4.78 is 49.0. The van der Waals surface area contributed by atoms with Crippen LogP contribution < -0.4 is 10.2 Å². The molecule has 0 unspecified atom stereocenters. The summed E-state index contributed by atoms with van der Waals surface area (Å²) in [5.74, 6) is -3.41. The van der Waals surface area contributed by atoms with Gasteiger partial charge in [0.05, 0.1) is 10.6 Å². The molecule has 0 aliphatic heterocycles. The summed E-state index contributed by atoms with van der Waals surface area (Å²) in [5, 5.41) is 2.97. The van der Waals surface area contributed by atoms with Crippen LogP contribution in [0.2, 0.25) is 0 Å². The van der Waals surface area contributed by atoms with Crippen LogP contribution in [0.15, 0.2) is 29.2 Å². The highest BCUT2D eigenvalue weighted by Gasteiger charge is 2.30. The van der Waals surface area contributed by atoms with Crippen molar-refractivity contribution < 1.29 is 17.2 Å². The zero-order valence-corrected chi connectivity index (χ0v) is 12.5. The lowest BCUT2D eigenvalue weighted by Gasteiger charge is -2.26. The van der Waals surface area contributed by atoms with Gasteiger partial charge in [-0.25, -0.2) is 8.42 Å². The van der Waals surface area contributed by atoms with Crippen LogP contribution in [0.4, 0.5) is 14.5 Å². The van der Waals surface area contributed by atoms with E-state index in [1.165, 1.54) is 12.1 Å². The van der Waals surface area contributed by atoms with Crippen molar-refractivity contribution in [1.29, 1.82) is 0 Å². The van der Waals surface area contributed by atoms with E-state index >= 15 is 0 Å². The van der Waals surface area contributed by atoms with Gasteiger partial charge in [0.2, 0.25) is 9.84 Å². The molecule has 7 heteroatoms. The number of likely N-dealkylation sites (N-methyl/N-ethyl adjacent to an activating group) is 1. The van der Waals surface area contributed by atoms with Gasteiger partial charge in [0, 0.05) is 19.6 Å². The molecule has 20 heavy (non-hydrogen) atoms. The topological polar surface area (TPSA) is 49.4 Å². The Morgan fingerprint density at radius 1 is 1.25 bits per heavy atom. The van der Waals surface area contributed by atoms with Gasteiger partial charge in [-0.15, -0.1) is 0 Å². The van der Waals surface area contributed by atoms with Crippen molar-refractivity contribution in [1.82, 2.24) is 5.32 Å². The molecule has 1 aromatic rings. The molecule has 0 aliphatic carbocycles. The Kier molecular flexibility index (Phi) is 6.35. The fraction of sp³-hybridized carbons (Fsp3) is 0.538. The second kappa shape index (κ2) is 7.54. The molecule has 1 aromatic carbocycles. The third-order valence-corrected chi connectivity index (χ3v) is 4.30. The Morgan fingerprint density at radius 2 is 1.90 bits per heavy atom. The van der Waals surface area contributed by atoms with Crippen molar-refractivity contribution in [3.8, 4) is 0 Å². The van der Waals surface area contributed by atoms with Gasteiger partial charge in [-0.2, -0.15) is 8.78 Å². The molecule has 0 radical (unpaired) electrons. The second-order valence-electron chi connectivity index (χ2n) is 4.36.